The van der Waals surface area contributed by atoms with Crippen LogP contribution in [0.4, 0.5) is 0 Å². The second kappa shape index (κ2) is 6.04. The van der Waals surface area contributed by atoms with Crippen LogP contribution in [0.2, 0.25) is 0 Å². The molecule has 1 unspecified atom stereocenters. The van der Waals surface area contributed by atoms with Crippen LogP contribution in [-0.4, -0.2) is 0 Å². The first-order valence-corrected chi connectivity index (χ1v) is 9.48. The highest BCUT2D eigenvalue weighted by Gasteiger charge is 2.17. The van der Waals surface area contributed by atoms with Gasteiger partial charge in [0.1, 0.15) is 0 Å². The summed E-state index contributed by atoms with van der Waals surface area (Å²) < 4.78 is 4.62. The molecule has 1 atom stereocenters. The summed E-state index contributed by atoms with van der Waals surface area (Å²) in [5.41, 5.74) is 8.80. The molecule has 0 aliphatic heterocycles. The fraction of sp³-hybridized carbons (Fsp3) is 0.0667. The molecule has 0 bridgehead atoms. The summed E-state index contributed by atoms with van der Waals surface area (Å²) in [5.74, 6) is 0. The summed E-state index contributed by atoms with van der Waals surface area (Å²) in [6.45, 7) is 0. The second-order valence-electron chi connectivity index (χ2n) is 4.45. The molecule has 3 rings (SSSR count). The molecule has 2 aromatic carbocycles. The van der Waals surface area contributed by atoms with Crippen molar-refractivity contribution < 1.29 is 0 Å². The van der Waals surface area contributed by atoms with Crippen molar-refractivity contribution in [1.29, 1.82) is 0 Å². The number of nitrogens with two attached hydrogens (primary N) is 1. The maximum Gasteiger partial charge on any atom is 0.0577 e. The molecule has 20 heavy (non-hydrogen) atoms. The molecule has 0 fully saturated rings. The summed E-state index contributed by atoms with van der Waals surface area (Å²) in [7, 11) is 0. The summed E-state index contributed by atoms with van der Waals surface area (Å²) in [4.78, 5) is 0. The van der Waals surface area contributed by atoms with Crippen molar-refractivity contribution in [3.8, 4) is 0 Å². The molecule has 0 amide bonds. The van der Waals surface area contributed by atoms with E-state index in [4.69, 9.17) is 5.73 Å². The SMILES string of the molecule is NC(c1cc(I)ccc1Br)c1csc2c(Br)cccc12. The standard InChI is InChI=1S/C15H10Br2INS/c16-12-5-4-8(18)6-10(12)14(19)11-7-20-15-9(11)2-1-3-13(15)17/h1-7,14H,19H2. The monoisotopic (exact) mass is 521 g/mol. The Labute approximate surface area is 152 Å². The lowest BCUT2D eigenvalue weighted by molar-refractivity contribution is 0.877. The zero-order valence-corrected chi connectivity index (χ0v) is 16.4. The average molecular weight is 523 g/mol. The molecule has 3 aromatic rings. The van der Waals surface area contributed by atoms with Crippen molar-refractivity contribution in [3.63, 3.8) is 0 Å². The predicted molar refractivity (Wildman–Crippen MR) is 102 cm³/mol. The molecular formula is C15H10Br2INS. The Balaban J connectivity index is 2.15. The van der Waals surface area contributed by atoms with Crippen LogP contribution in [0.25, 0.3) is 10.1 Å². The van der Waals surface area contributed by atoms with E-state index in [1.165, 1.54) is 19.2 Å². The molecule has 1 heterocycles. The van der Waals surface area contributed by atoms with Crippen molar-refractivity contribution >= 4 is 75.9 Å². The largest absolute Gasteiger partial charge is 0.320 e. The molecule has 5 heteroatoms. The Morgan fingerprint density at radius 3 is 2.65 bits per heavy atom. The quantitative estimate of drug-likeness (QED) is 0.406. The zero-order chi connectivity index (χ0) is 14.3. The summed E-state index contributed by atoms with van der Waals surface area (Å²) >= 11 is 11.3. The van der Waals surface area contributed by atoms with Gasteiger partial charge in [-0.25, -0.2) is 0 Å². The van der Waals surface area contributed by atoms with Gasteiger partial charge in [0.05, 0.1) is 6.04 Å². The van der Waals surface area contributed by atoms with Crippen LogP contribution in [0.3, 0.4) is 0 Å². The van der Waals surface area contributed by atoms with E-state index < -0.39 is 0 Å². The molecule has 1 nitrogen and oxygen atoms in total. The highest BCUT2D eigenvalue weighted by Crippen LogP contribution is 2.38. The molecule has 0 saturated heterocycles. The van der Waals surface area contributed by atoms with Crippen LogP contribution in [0.5, 0.6) is 0 Å². The van der Waals surface area contributed by atoms with Gasteiger partial charge in [0.2, 0.25) is 0 Å². The Morgan fingerprint density at radius 1 is 1.05 bits per heavy atom. The van der Waals surface area contributed by atoms with Gasteiger partial charge in [0.15, 0.2) is 0 Å². The highest BCUT2D eigenvalue weighted by atomic mass is 127. The van der Waals surface area contributed by atoms with Crippen molar-refractivity contribution in [2.45, 2.75) is 6.04 Å². The lowest BCUT2D eigenvalue weighted by Gasteiger charge is -2.14. The first-order chi connectivity index (χ1) is 9.58. The number of hydrogen-bond donors (Lipinski definition) is 1. The predicted octanol–water partition coefficient (Wildman–Crippen LogP) is 6.08. The summed E-state index contributed by atoms with van der Waals surface area (Å²) in [6, 6.07) is 12.4. The fourth-order valence-electron chi connectivity index (χ4n) is 2.20. The number of benzene rings is 2. The van der Waals surface area contributed by atoms with Crippen molar-refractivity contribution in [1.82, 2.24) is 0 Å². The van der Waals surface area contributed by atoms with E-state index in [2.05, 4.69) is 96.2 Å². The van der Waals surface area contributed by atoms with E-state index in [1.807, 2.05) is 0 Å². The lowest BCUT2D eigenvalue weighted by atomic mass is 9.99. The van der Waals surface area contributed by atoms with Crippen LogP contribution < -0.4 is 5.73 Å². The van der Waals surface area contributed by atoms with Gasteiger partial charge >= 0.3 is 0 Å². The van der Waals surface area contributed by atoms with Gasteiger partial charge in [-0.15, -0.1) is 11.3 Å². The van der Waals surface area contributed by atoms with Crippen LogP contribution in [0.1, 0.15) is 17.2 Å². The van der Waals surface area contributed by atoms with Crippen molar-refractivity contribution in [2.24, 2.45) is 5.73 Å². The molecule has 0 saturated carbocycles. The fourth-order valence-corrected chi connectivity index (χ4v) is 4.87. The number of halogens is 3. The minimum absolute atomic E-state index is 0.123. The summed E-state index contributed by atoms with van der Waals surface area (Å²) in [6.07, 6.45) is 0. The van der Waals surface area contributed by atoms with E-state index in [1.54, 1.807) is 11.3 Å². The Morgan fingerprint density at radius 2 is 1.85 bits per heavy atom. The second-order valence-corrected chi connectivity index (χ2v) is 8.29. The first-order valence-electron chi connectivity index (χ1n) is 5.94. The van der Waals surface area contributed by atoms with Crippen LogP contribution >= 0.6 is 65.8 Å². The Hall–Kier alpha value is 0.0500. The van der Waals surface area contributed by atoms with Gasteiger partial charge in [-0.2, -0.15) is 0 Å². The molecule has 0 aliphatic rings. The molecule has 1 aromatic heterocycles. The van der Waals surface area contributed by atoms with Crippen LogP contribution in [-0.2, 0) is 0 Å². The minimum Gasteiger partial charge on any atom is -0.320 e. The van der Waals surface area contributed by atoms with E-state index in [9.17, 15) is 0 Å². The number of thiophene rings is 1. The smallest absolute Gasteiger partial charge is 0.0577 e. The van der Waals surface area contributed by atoms with Gasteiger partial charge in [-0.1, -0.05) is 28.1 Å². The molecule has 0 spiro atoms. The van der Waals surface area contributed by atoms with Gasteiger partial charge in [-0.05, 0) is 84.7 Å². The van der Waals surface area contributed by atoms with Crippen molar-refractivity contribution in [2.75, 3.05) is 0 Å². The minimum atomic E-state index is -0.123. The van der Waals surface area contributed by atoms with Crippen LogP contribution in [0, 0.1) is 3.57 Å². The zero-order valence-electron chi connectivity index (χ0n) is 10.2. The average Bonchev–Trinajstić information content (AvgIpc) is 2.86. The molecule has 0 radical (unpaired) electrons. The molecule has 102 valence electrons. The van der Waals surface area contributed by atoms with E-state index in [0.717, 1.165) is 14.5 Å². The van der Waals surface area contributed by atoms with E-state index in [-0.39, 0.29) is 6.04 Å². The molecular weight excluding hydrogens is 513 g/mol. The maximum atomic E-state index is 6.50. The van der Waals surface area contributed by atoms with Gasteiger partial charge in [0.25, 0.3) is 0 Å². The molecule has 0 aliphatic carbocycles. The third-order valence-corrected chi connectivity index (χ3v) is 6.57. The normalized spacial score (nSPS) is 12.8. The molecule has 2 N–H and O–H groups in total. The lowest BCUT2D eigenvalue weighted by Crippen LogP contribution is -2.12. The third kappa shape index (κ3) is 2.70. The van der Waals surface area contributed by atoms with E-state index in [0.29, 0.717) is 0 Å². The highest BCUT2D eigenvalue weighted by molar-refractivity contribution is 14.1. The van der Waals surface area contributed by atoms with Gasteiger partial charge in [0, 0.05) is 17.2 Å². The Kier molecular flexibility index (Phi) is 4.52. The topological polar surface area (TPSA) is 26.0 Å². The van der Waals surface area contributed by atoms with Crippen LogP contribution in [0.15, 0.2) is 50.7 Å². The number of fused-ring (bicyclic) bond motifs is 1. The summed E-state index contributed by atoms with van der Waals surface area (Å²) in [5, 5.41) is 3.38. The van der Waals surface area contributed by atoms with Crippen molar-refractivity contribution in [3.05, 3.63) is 65.4 Å². The number of rotatable bonds is 2. The van der Waals surface area contributed by atoms with Gasteiger partial charge < -0.3 is 5.73 Å². The Bertz CT molecular complexity index is 785. The maximum absolute atomic E-state index is 6.50. The third-order valence-electron chi connectivity index (χ3n) is 3.21. The van der Waals surface area contributed by atoms with Gasteiger partial charge in [-0.3, -0.25) is 0 Å². The van der Waals surface area contributed by atoms with E-state index >= 15 is 0 Å². The first kappa shape index (κ1) is 15.0. The number of hydrogen-bond acceptors (Lipinski definition) is 2.